The first-order chi connectivity index (χ1) is 6.54. The minimum absolute atomic E-state index is 0.441. The molecule has 0 N–H and O–H groups in total. The Hall–Kier alpha value is -1.36. The average molecular weight is 233 g/mol. The number of nitrogens with zero attached hydrogens (tertiary/aromatic N) is 2. The zero-order chi connectivity index (χ0) is 10.9. The van der Waals surface area contributed by atoms with E-state index in [0.29, 0.717) is 0 Å². The topological polar surface area (TPSA) is 47.6 Å². The van der Waals surface area contributed by atoms with Gasteiger partial charge in [-0.25, -0.2) is 8.78 Å². The fourth-order valence-electron chi connectivity index (χ4n) is 0.830. The standard InChI is InChI=1S/C8Cl2F2N2/c9-5-3(1-13)6(10)8(12)7(11)4(5)2-14. The molecule has 0 aliphatic rings. The van der Waals surface area contributed by atoms with Crippen LogP contribution >= 0.6 is 23.2 Å². The monoisotopic (exact) mass is 232 g/mol. The van der Waals surface area contributed by atoms with E-state index in [2.05, 4.69) is 0 Å². The minimum atomic E-state index is -1.44. The first-order valence-corrected chi connectivity index (χ1v) is 3.96. The van der Waals surface area contributed by atoms with Gasteiger partial charge in [-0.1, -0.05) is 23.2 Å². The van der Waals surface area contributed by atoms with Gasteiger partial charge in [-0.3, -0.25) is 0 Å². The lowest BCUT2D eigenvalue weighted by Crippen LogP contribution is -1.96. The van der Waals surface area contributed by atoms with Gasteiger partial charge in [-0.2, -0.15) is 10.5 Å². The van der Waals surface area contributed by atoms with Crippen LogP contribution < -0.4 is 0 Å². The number of halogens is 4. The van der Waals surface area contributed by atoms with E-state index in [-0.39, 0.29) is 0 Å². The largest absolute Gasteiger partial charge is 0.202 e. The molecule has 0 radical (unpaired) electrons. The lowest BCUT2D eigenvalue weighted by molar-refractivity contribution is 0.506. The quantitative estimate of drug-likeness (QED) is 0.510. The van der Waals surface area contributed by atoms with Crippen LogP contribution in [0.1, 0.15) is 11.1 Å². The Bertz CT molecular complexity index is 445. The van der Waals surface area contributed by atoms with Crippen LogP contribution in [-0.4, -0.2) is 0 Å². The molecule has 1 aromatic rings. The van der Waals surface area contributed by atoms with E-state index in [1.807, 2.05) is 0 Å². The summed E-state index contributed by atoms with van der Waals surface area (Å²) in [6.07, 6.45) is 0. The highest BCUT2D eigenvalue weighted by atomic mass is 35.5. The van der Waals surface area contributed by atoms with Crippen LogP contribution in [0.3, 0.4) is 0 Å². The van der Waals surface area contributed by atoms with Crippen molar-refractivity contribution in [3.05, 3.63) is 32.8 Å². The van der Waals surface area contributed by atoms with Crippen LogP contribution in [0.4, 0.5) is 8.78 Å². The Morgan fingerprint density at radius 2 is 1.36 bits per heavy atom. The van der Waals surface area contributed by atoms with Gasteiger partial charge in [-0.15, -0.1) is 0 Å². The van der Waals surface area contributed by atoms with Crippen molar-refractivity contribution in [3.63, 3.8) is 0 Å². The van der Waals surface area contributed by atoms with Gasteiger partial charge in [0.15, 0.2) is 11.6 Å². The van der Waals surface area contributed by atoms with Crippen LogP contribution in [0.5, 0.6) is 0 Å². The molecular weight excluding hydrogens is 233 g/mol. The third kappa shape index (κ3) is 1.39. The molecule has 2 nitrogen and oxygen atoms in total. The second kappa shape index (κ2) is 3.79. The predicted octanol–water partition coefficient (Wildman–Crippen LogP) is 3.01. The summed E-state index contributed by atoms with van der Waals surface area (Å²) in [4.78, 5) is 0. The molecule has 0 heterocycles. The normalized spacial score (nSPS) is 9.29. The van der Waals surface area contributed by atoms with E-state index in [1.54, 1.807) is 0 Å². The van der Waals surface area contributed by atoms with Crippen LogP contribution in [-0.2, 0) is 0 Å². The second-order valence-electron chi connectivity index (χ2n) is 2.23. The molecule has 0 amide bonds. The van der Waals surface area contributed by atoms with E-state index < -0.39 is 32.8 Å². The molecule has 0 spiro atoms. The highest BCUT2D eigenvalue weighted by Crippen LogP contribution is 2.32. The first-order valence-electron chi connectivity index (χ1n) is 3.20. The predicted molar refractivity (Wildman–Crippen MR) is 45.8 cm³/mol. The number of hydrogen-bond acceptors (Lipinski definition) is 2. The van der Waals surface area contributed by atoms with Crippen LogP contribution in [0.25, 0.3) is 0 Å². The second-order valence-corrected chi connectivity index (χ2v) is 2.99. The molecule has 0 atom stereocenters. The van der Waals surface area contributed by atoms with E-state index in [4.69, 9.17) is 33.7 Å². The van der Waals surface area contributed by atoms with Crippen molar-refractivity contribution in [2.75, 3.05) is 0 Å². The molecule has 0 saturated carbocycles. The van der Waals surface area contributed by atoms with E-state index in [0.717, 1.165) is 0 Å². The smallest absolute Gasteiger partial charge is 0.180 e. The zero-order valence-corrected chi connectivity index (χ0v) is 7.92. The van der Waals surface area contributed by atoms with E-state index in [1.165, 1.54) is 12.1 Å². The van der Waals surface area contributed by atoms with Crippen LogP contribution in [0.15, 0.2) is 0 Å². The van der Waals surface area contributed by atoms with E-state index in [9.17, 15) is 8.78 Å². The molecule has 0 bridgehead atoms. The molecule has 14 heavy (non-hydrogen) atoms. The minimum Gasteiger partial charge on any atom is -0.202 e. The molecule has 0 fully saturated rings. The number of rotatable bonds is 0. The maximum Gasteiger partial charge on any atom is 0.180 e. The highest BCUT2D eigenvalue weighted by molar-refractivity contribution is 6.37. The molecule has 0 saturated heterocycles. The zero-order valence-electron chi connectivity index (χ0n) is 6.41. The Morgan fingerprint density at radius 1 is 0.857 bits per heavy atom. The molecule has 1 rings (SSSR count). The lowest BCUT2D eigenvalue weighted by atomic mass is 10.1. The summed E-state index contributed by atoms with van der Waals surface area (Å²) < 4.78 is 25.9. The van der Waals surface area contributed by atoms with Gasteiger partial charge < -0.3 is 0 Å². The molecule has 70 valence electrons. The molecule has 1 aromatic carbocycles. The lowest BCUT2D eigenvalue weighted by Gasteiger charge is -2.03. The van der Waals surface area contributed by atoms with Gasteiger partial charge >= 0.3 is 0 Å². The summed E-state index contributed by atoms with van der Waals surface area (Å²) in [6.45, 7) is 0. The Morgan fingerprint density at radius 3 is 1.79 bits per heavy atom. The van der Waals surface area contributed by atoms with Crippen molar-refractivity contribution < 1.29 is 8.78 Å². The summed E-state index contributed by atoms with van der Waals surface area (Å²) in [5.74, 6) is -2.88. The average Bonchev–Trinajstić information content (AvgIpc) is 2.16. The van der Waals surface area contributed by atoms with Gasteiger partial charge in [0.1, 0.15) is 17.7 Å². The van der Waals surface area contributed by atoms with Gasteiger partial charge in [-0.05, 0) is 0 Å². The number of benzene rings is 1. The molecular formula is C8Cl2F2N2. The van der Waals surface area contributed by atoms with Crippen molar-refractivity contribution in [2.24, 2.45) is 0 Å². The maximum atomic E-state index is 13.0. The van der Waals surface area contributed by atoms with Crippen LogP contribution in [0.2, 0.25) is 10.0 Å². The molecule has 0 unspecified atom stereocenters. The van der Waals surface area contributed by atoms with Crippen molar-refractivity contribution in [1.29, 1.82) is 10.5 Å². The molecule has 0 aliphatic carbocycles. The number of nitriles is 2. The molecule has 0 aliphatic heterocycles. The Balaban J connectivity index is 3.78. The summed E-state index contributed by atoms with van der Waals surface area (Å²) in [5.41, 5.74) is -1.16. The van der Waals surface area contributed by atoms with Crippen molar-refractivity contribution in [3.8, 4) is 12.1 Å². The van der Waals surface area contributed by atoms with Gasteiger partial charge in [0.05, 0.1) is 15.6 Å². The Kier molecular flexibility index (Phi) is 2.90. The van der Waals surface area contributed by atoms with E-state index >= 15 is 0 Å². The molecule has 6 heteroatoms. The van der Waals surface area contributed by atoms with Crippen LogP contribution in [0, 0.1) is 34.3 Å². The fourth-order valence-corrected chi connectivity index (χ4v) is 1.36. The van der Waals surface area contributed by atoms with Gasteiger partial charge in [0.25, 0.3) is 0 Å². The van der Waals surface area contributed by atoms with Crippen molar-refractivity contribution in [2.45, 2.75) is 0 Å². The fraction of sp³-hybridized carbons (Fsp3) is 0. The van der Waals surface area contributed by atoms with Crippen molar-refractivity contribution >= 4 is 23.2 Å². The summed E-state index contributed by atoms with van der Waals surface area (Å²) in [6, 6.07) is 2.83. The van der Waals surface area contributed by atoms with Gasteiger partial charge in [0, 0.05) is 0 Å². The van der Waals surface area contributed by atoms with Gasteiger partial charge in [0.2, 0.25) is 0 Å². The van der Waals surface area contributed by atoms with Crippen molar-refractivity contribution in [1.82, 2.24) is 0 Å². The summed E-state index contributed by atoms with van der Waals surface area (Å²) >= 11 is 10.8. The number of hydrogen-bond donors (Lipinski definition) is 0. The Labute approximate surface area is 87.9 Å². The maximum absolute atomic E-state index is 13.0. The molecule has 0 aromatic heterocycles. The SMILES string of the molecule is N#Cc1c(F)c(F)c(Cl)c(C#N)c1Cl. The summed E-state index contributed by atoms with van der Waals surface area (Å²) in [5, 5.41) is 15.8. The third-order valence-corrected chi connectivity index (χ3v) is 2.22. The summed E-state index contributed by atoms with van der Waals surface area (Å²) in [7, 11) is 0. The highest BCUT2D eigenvalue weighted by Gasteiger charge is 2.22. The first kappa shape index (κ1) is 10.7. The third-order valence-electron chi connectivity index (χ3n) is 1.49.